The second-order valence-electron chi connectivity index (χ2n) is 8.45. The van der Waals surface area contributed by atoms with Crippen molar-refractivity contribution in [2.75, 3.05) is 0 Å². The summed E-state index contributed by atoms with van der Waals surface area (Å²) in [5.41, 5.74) is 6.92. The zero-order chi connectivity index (χ0) is 34.2. The van der Waals surface area contributed by atoms with Crippen molar-refractivity contribution in [1.29, 1.82) is 0 Å². The predicted molar refractivity (Wildman–Crippen MR) is 163 cm³/mol. The van der Waals surface area contributed by atoms with Crippen molar-refractivity contribution in [3.63, 3.8) is 0 Å². The van der Waals surface area contributed by atoms with E-state index in [-0.39, 0.29) is 31.7 Å². The summed E-state index contributed by atoms with van der Waals surface area (Å²) >= 11 is 30.2. The molecule has 2 unspecified atom stereocenters. The number of carboxylic acid groups (broad SMARTS) is 1. The molecule has 2 atom stereocenters. The van der Waals surface area contributed by atoms with Gasteiger partial charge in [0.05, 0.1) is 6.42 Å². The number of nitrogens with one attached hydrogen (secondary N) is 1. The van der Waals surface area contributed by atoms with Crippen LogP contribution in [0.3, 0.4) is 0 Å². The Labute approximate surface area is 286 Å². The van der Waals surface area contributed by atoms with Gasteiger partial charge in [0.15, 0.2) is 0 Å². The lowest BCUT2D eigenvalue weighted by atomic mass is 10.0. The number of nitrogens with two attached hydrogens (primary N) is 1. The molecule has 0 bridgehead atoms. The van der Waals surface area contributed by atoms with E-state index in [1.807, 2.05) is 60.7 Å². The number of esters is 2. The number of hydrogen-bond donors (Lipinski definition) is 3. The lowest BCUT2D eigenvalue weighted by Crippen LogP contribution is -2.33. The third-order valence-corrected chi connectivity index (χ3v) is 5.25. The van der Waals surface area contributed by atoms with Crippen molar-refractivity contribution in [2.45, 2.75) is 45.9 Å². The van der Waals surface area contributed by atoms with Crippen molar-refractivity contribution in [3.05, 3.63) is 71.8 Å². The lowest BCUT2D eigenvalue weighted by Gasteiger charge is -2.15. The van der Waals surface area contributed by atoms with Gasteiger partial charge in [-0.15, -0.1) is 0 Å². The molecule has 0 saturated carbocycles. The van der Waals surface area contributed by atoms with E-state index in [1.54, 1.807) is 0 Å². The average Bonchev–Trinajstić information content (AvgIpc) is 3.23. The second kappa shape index (κ2) is 19.5. The first-order chi connectivity index (χ1) is 20.8. The van der Waals surface area contributed by atoms with Crippen molar-refractivity contribution in [2.24, 2.45) is 5.73 Å². The molecule has 1 aliphatic heterocycles. The smallest absolute Gasteiger partial charge is 0.480 e. The molecule has 13 nitrogen and oxygen atoms in total. The molecule has 4 N–H and O–H groups in total. The summed E-state index contributed by atoms with van der Waals surface area (Å²) in [6, 6.07) is 16.3. The Kier molecular flexibility index (Phi) is 17.3. The Morgan fingerprint density at radius 1 is 0.867 bits per heavy atom. The molecule has 1 fully saturated rings. The number of alkyl halides is 6. The number of benzene rings is 2. The Bertz CT molecular complexity index is 1290. The average molecular weight is 753 g/mol. The SMILES string of the molecule is NC(CC(=O)OCc1ccccc1)C(=O)O.O=C(Cc1ccccc1)CC1NC(=O)OC1=O.O=C(OC(Cl)(Cl)Cl)OC(Cl)(Cl)Cl. The van der Waals surface area contributed by atoms with Crippen LogP contribution in [0.5, 0.6) is 0 Å². The van der Waals surface area contributed by atoms with Gasteiger partial charge in [0, 0.05) is 12.8 Å². The predicted octanol–water partition coefficient (Wildman–Crippen LogP) is 5.15. The van der Waals surface area contributed by atoms with Crippen molar-refractivity contribution >= 4 is 106 Å². The van der Waals surface area contributed by atoms with Gasteiger partial charge < -0.3 is 35.1 Å². The molecular formula is C26H24Cl6N2O11. The molecule has 1 amide bonds. The van der Waals surface area contributed by atoms with Gasteiger partial charge in [0.1, 0.15) is 24.5 Å². The first kappa shape index (κ1) is 40.0. The van der Waals surface area contributed by atoms with Crippen LogP contribution in [0.4, 0.5) is 9.59 Å². The third-order valence-electron chi connectivity index (χ3n) is 4.79. The van der Waals surface area contributed by atoms with Crippen molar-refractivity contribution in [1.82, 2.24) is 5.32 Å². The van der Waals surface area contributed by atoms with E-state index in [0.29, 0.717) is 0 Å². The quantitative estimate of drug-likeness (QED) is 0.132. The van der Waals surface area contributed by atoms with Gasteiger partial charge in [0.2, 0.25) is 0 Å². The molecule has 0 aromatic heterocycles. The van der Waals surface area contributed by atoms with Gasteiger partial charge in [-0.25, -0.2) is 14.4 Å². The van der Waals surface area contributed by atoms with Crippen LogP contribution in [0.2, 0.25) is 0 Å². The molecule has 1 aliphatic rings. The summed E-state index contributed by atoms with van der Waals surface area (Å²) < 4.78 is 12.7. The topological polar surface area (TPSA) is 198 Å². The number of carboxylic acids is 1. The molecular weight excluding hydrogens is 729 g/mol. The highest BCUT2D eigenvalue weighted by molar-refractivity contribution is 6.67. The van der Waals surface area contributed by atoms with Crippen molar-refractivity contribution in [3.8, 4) is 0 Å². The number of carbonyl (C=O) groups excluding carboxylic acids is 5. The zero-order valence-corrected chi connectivity index (χ0v) is 27.2. The number of hydrogen-bond acceptors (Lipinski definition) is 11. The Hall–Kier alpha value is -3.04. The molecule has 1 saturated heterocycles. The van der Waals surface area contributed by atoms with Crippen molar-refractivity contribution < 1.29 is 52.8 Å². The molecule has 1 heterocycles. The fraction of sp³-hybridized carbons (Fsp3) is 0.308. The van der Waals surface area contributed by atoms with E-state index < -0.39 is 50.2 Å². The maximum Gasteiger partial charge on any atom is 0.515 e. The van der Waals surface area contributed by atoms with Gasteiger partial charge in [-0.3, -0.25) is 14.4 Å². The van der Waals surface area contributed by atoms with Crippen LogP contribution in [-0.4, -0.2) is 61.1 Å². The highest BCUT2D eigenvalue weighted by atomic mass is 35.6. The maximum atomic E-state index is 11.7. The van der Waals surface area contributed by atoms with Crippen LogP contribution in [0.25, 0.3) is 0 Å². The number of halogens is 6. The maximum absolute atomic E-state index is 11.7. The number of rotatable bonds is 9. The molecule has 0 spiro atoms. The molecule has 0 aliphatic carbocycles. The first-order valence-electron chi connectivity index (χ1n) is 12.2. The number of ether oxygens (including phenoxy) is 4. The molecule has 2 aromatic rings. The zero-order valence-electron chi connectivity index (χ0n) is 22.6. The summed E-state index contributed by atoms with van der Waals surface area (Å²) in [6.07, 6.45) is -2.29. The number of aliphatic carboxylic acids is 1. The largest absolute Gasteiger partial charge is 0.515 e. The van der Waals surface area contributed by atoms with E-state index in [4.69, 9.17) is 85.2 Å². The number of carbonyl (C=O) groups is 6. The van der Waals surface area contributed by atoms with E-state index in [2.05, 4.69) is 19.5 Å². The Balaban J connectivity index is 0.000000344. The van der Waals surface area contributed by atoms with E-state index in [9.17, 15) is 28.8 Å². The number of cyclic esters (lactones) is 2. The van der Waals surface area contributed by atoms with Gasteiger partial charge in [-0.2, -0.15) is 0 Å². The monoisotopic (exact) mass is 750 g/mol. The summed E-state index contributed by atoms with van der Waals surface area (Å²) in [6.45, 7) is 0.131. The summed E-state index contributed by atoms with van der Waals surface area (Å²) in [5.74, 6) is -2.62. The highest BCUT2D eigenvalue weighted by Gasteiger charge is 2.34. The first-order valence-corrected chi connectivity index (χ1v) is 14.4. The van der Waals surface area contributed by atoms with Crippen LogP contribution in [0.1, 0.15) is 24.0 Å². The number of ketones is 1. The highest BCUT2D eigenvalue weighted by Crippen LogP contribution is 2.32. The van der Waals surface area contributed by atoms with Crippen LogP contribution >= 0.6 is 69.6 Å². The van der Waals surface area contributed by atoms with Gasteiger partial charge in [0.25, 0.3) is 0 Å². The fourth-order valence-electron chi connectivity index (χ4n) is 2.92. The summed E-state index contributed by atoms with van der Waals surface area (Å²) in [7, 11) is 0. The van der Waals surface area contributed by atoms with Gasteiger partial charge >= 0.3 is 38.1 Å². The molecule has 0 radical (unpaired) electrons. The van der Waals surface area contributed by atoms with Crippen LogP contribution in [0, 0.1) is 0 Å². The van der Waals surface area contributed by atoms with E-state index in [1.165, 1.54) is 0 Å². The van der Waals surface area contributed by atoms with Crippen LogP contribution in [0.15, 0.2) is 60.7 Å². The normalized spacial score (nSPS) is 14.6. The Morgan fingerprint density at radius 3 is 1.78 bits per heavy atom. The summed E-state index contributed by atoms with van der Waals surface area (Å²) in [5, 5.41) is 10.8. The lowest BCUT2D eigenvalue weighted by molar-refractivity contribution is -0.149. The minimum Gasteiger partial charge on any atom is -0.480 e. The summed E-state index contributed by atoms with van der Waals surface area (Å²) in [4.78, 5) is 65.6. The van der Waals surface area contributed by atoms with Gasteiger partial charge in [-0.1, -0.05) is 60.7 Å². The molecule has 19 heteroatoms. The fourth-order valence-corrected chi connectivity index (χ4v) is 3.30. The second-order valence-corrected chi connectivity index (χ2v) is 12.8. The molecule has 3 rings (SSSR count). The van der Waals surface area contributed by atoms with E-state index >= 15 is 0 Å². The number of alkyl carbamates (subject to hydrolysis) is 1. The van der Waals surface area contributed by atoms with Crippen LogP contribution < -0.4 is 11.1 Å². The third kappa shape index (κ3) is 19.9. The Morgan fingerprint density at radius 2 is 1.36 bits per heavy atom. The molecule has 2 aromatic carbocycles. The molecule has 45 heavy (non-hydrogen) atoms. The van der Waals surface area contributed by atoms with Gasteiger partial charge in [-0.05, 0) is 80.7 Å². The standard InChI is InChI=1S/C12H11NO4.C11H13NO4.C3Cl6O3/c14-9(6-8-4-2-1-3-5-8)7-10-11(15)17-12(16)13-10;12-9(11(14)15)6-10(13)16-7-8-4-2-1-3-5-8;4-2(5,6)11-1(10)12-3(7,8)9/h1-5,10H,6-7H2,(H,13,16);1-5,9H,6-7,12H2,(H,14,15);. The molecule has 246 valence electrons. The minimum absolute atomic E-state index is 0.0283. The van der Waals surface area contributed by atoms with Crippen LogP contribution in [-0.2, 0) is 51.2 Å². The number of amides is 1. The minimum atomic E-state index is -2.24. The number of Topliss-reactive ketones (excluding diaryl/α,β-unsaturated/α-hetero) is 1. The van der Waals surface area contributed by atoms with E-state index in [0.717, 1.165) is 11.1 Å².